The zero-order valence-corrected chi connectivity index (χ0v) is 55.0. The van der Waals surface area contributed by atoms with Crippen molar-refractivity contribution >= 4 is 189 Å². The second-order valence-electron chi connectivity index (χ2n) is 21.6. The first-order valence-electron chi connectivity index (χ1n) is 26.6. The van der Waals surface area contributed by atoms with Gasteiger partial charge in [-0.15, -0.1) is 136 Å². The van der Waals surface area contributed by atoms with Gasteiger partial charge in [-0.2, -0.15) is 0 Å². The number of benzene rings is 1. The molecule has 0 N–H and O–H groups in total. The van der Waals surface area contributed by atoms with Crippen molar-refractivity contribution in [1.29, 1.82) is 0 Å². The lowest BCUT2D eigenvalue weighted by Gasteiger charge is -2.10. The molecule has 0 aliphatic carbocycles. The average Bonchev–Trinajstić information content (AvgIpc) is 2.64. The number of rotatable bonds is 13. The van der Waals surface area contributed by atoms with Crippen LogP contribution in [0.4, 0.5) is 0 Å². The van der Waals surface area contributed by atoms with Crippen LogP contribution in [-0.4, -0.2) is 47.5 Å². The fraction of sp³-hybridized carbons (Fsp3) is 0.188. The van der Waals surface area contributed by atoms with Crippen LogP contribution >= 0.6 is 136 Å². The quantitative estimate of drug-likeness (QED) is 0.108. The van der Waals surface area contributed by atoms with E-state index in [4.69, 9.17) is 0 Å². The van der Waals surface area contributed by atoms with E-state index in [0.29, 0.717) is 34.1 Å². The summed E-state index contributed by atoms with van der Waals surface area (Å²) in [6.07, 6.45) is 2.12. The molecular weight excluding hydrogens is 1250 g/mol. The smallest absolute Gasteiger partial charge is 0.262 e. The summed E-state index contributed by atoms with van der Waals surface area (Å²) in [4.78, 5) is 79.8. The molecule has 14 heterocycles. The molecule has 0 radical (unpaired) electrons. The van der Waals surface area contributed by atoms with Gasteiger partial charge in [0.15, 0.2) is 0 Å². The molecule has 0 bridgehead atoms. The monoisotopic (exact) mass is 1290 g/mol. The molecule has 0 spiro atoms. The summed E-state index contributed by atoms with van der Waals surface area (Å²) < 4.78 is 5.04. The third-order valence-electron chi connectivity index (χ3n) is 14.9. The second kappa shape index (κ2) is 20.2. The van der Waals surface area contributed by atoms with E-state index in [-0.39, 0.29) is 23.6 Å². The van der Waals surface area contributed by atoms with Gasteiger partial charge >= 0.3 is 0 Å². The number of hydrogen-bond donors (Lipinski definition) is 0. The van der Waals surface area contributed by atoms with Crippen molar-refractivity contribution < 1.29 is 19.2 Å². The Bertz CT molecular complexity index is 4700. The SMILES string of the molecule is Cc1ccc(-c2sc(-c3ccc(-c4cc5sc(-c6ccc(-c7sc(-c8ccc(-c9cc%10c(-c%11ccc(CC(C)C)s%11)c%11sc(C)cc%11c(-c%11ccc(CC(C)C)s%11)c%10s9)s8)c8c7C(=O)N(C)C8=O)s6)cc5s4)s3)c3c2C(=O)N(C)C3=O)s1. The highest BCUT2D eigenvalue weighted by atomic mass is 32.1. The van der Waals surface area contributed by atoms with Gasteiger partial charge in [-0.05, 0) is 136 Å². The van der Waals surface area contributed by atoms with E-state index in [0.717, 1.165) is 81.1 Å². The molecule has 0 fully saturated rings. The number of nitrogens with zero attached hydrogens (tertiary/aromatic N) is 2. The Morgan fingerprint density at radius 1 is 0.329 bits per heavy atom. The molecule has 18 heteroatoms. The predicted octanol–water partition coefficient (Wildman–Crippen LogP) is 22.4. The fourth-order valence-corrected chi connectivity index (χ4v) is 25.8. The molecule has 13 aromatic rings. The number of thiophene rings is 12. The standard InChI is InChI=1S/C64H46N2O4S12/c1-27(2)21-31-10-13-38(73-31)49-33-23-30(6)72-55(33)50(39-14-11-32(74-39)22-28(3)4)34-24-44(80-56(34)49)35-15-18-41(75-35)59-53-54(64(70)66(8)63(53)69)60(82-59)43-20-17-37(77-43)46-26-48-47(79-46)25-45(78-48)36-16-19-42(76-36)58-52-51(61(67)65(7)62(52)68)57(81-58)40-12-9-29(5)71-40/h9-20,23-28H,21-22H2,1-8H3. The first kappa shape index (κ1) is 53.4. The number of imide groups is 2. The van der Waals surface area contributed by atoms with Gasteiger partial charge in [0.05, 0.1) is 41.8 Å². The molecule has 12 aromatic heterocycles. The number of aryl methyl sites for hydroxylation is 2. The maximum Gasteiger partial charge on any atom is 0.262 e. The van der Waals surface area contributed by atoms with Crippen molar-refractivity contribution in [2.75, 3.05) is 14.1 Å². The van der Waals surface area contributed by atoms with Gasteiger partial charge in [-0.1, -0.05) is 27.7 Å². The molecule has 4 amide bonds. The van der Waals surface area contributed by atoms with Crippen LogP contribution in [0.15, 0.2) is 97.1 Å². The number of amides is 4. The van der Waals surface area contributed by atoms with Crippen LogP contribution in [0.1, 0.15) is 88.6 Å². The van der Waals surface area contributed by atoms with E-state index in [1.54, 1.807) is 105 Å². The highest BCUT2D eigenvalue weighted by Crippen LogP contribution is 2.57. The number of hydrogen-bond acceptors (Lipinski definition) is 16. The molecule has 2 aliphatic heterocycles. The summed E-state index contributed by atoms with van der Waals surface area (Å²) in [6.45, 7) is 13.5. The van der Waals surface area contributed by atoms with Crippen LogP contribution in [0.3, 0.4) is 0 Å². The zero-order valence-electron chi connectivity index (χ0n) is 45.2. The summed E-state index contributed by atoms with van der Waals surface area (Å²) >= 11 is 20.9. The minimum atomic E-state index is -0.255. The lowest BCUT2D eigenvalue weighted by atomic mass is 9.99. The molecule has 0 saturated heterocycles. The normalized spacial score (nSPS) is 13.7. The minimum Gasteiger partial charge on any atom is -0.277 e. The summed E-state index contributed by atoms with van der Waals surface area (Å²) in [5, 5.41) is 2.62. The van der Waals surface area contributed by atoms with Crippen molar-refractivity contribution in [2.45, 2.75) is 54.4 Å². The van der Waals surface area contributed by atoms with E-state index in [9.17, 15) is 19.2 Å². The van der Waals surface area contributed by atoms with Gasteiger partial charge in [-0.25, -0.2) is 0 Å². The van der Waals surface area contributed by atoms with Gasteiger partial charge in [0, 0.05) is 133 Å². The van der Waals surface area contributed by atoms with Crippen LogP contribution in [0.2, 0.25) is 0 Å². The molecule has 0 saturated carbocycles. The maximum absolute atomic E-state index is 14.2. The first-order valence-corrected chi connectivity index (χ1v) is 36.4. The Morgan fingerprint density at radius 2 is 0.695 bits per heavy atom. The largest absolute Gasteiger partial charge is 0.277 e. The van der Waals surface area contributed by atoms with E-state index >= 15 is 0 Å². The van der Waals surface area contributed by atoms with Gasteiger partial charge in [0.2, 0.25) is 0 Å². The Labute approximate surface area is 521 Å². The van der Waals surface area contributed by atoms with Crippen molar-refractivity contribution in [3.8, 4) is 89.2 Å². The maximum atomic E-state index is 14.2. The molecule has 0 atom stereocenters. The van der Waals surface area contributed by atoms with Crippen LogP contribution < -0.4 is 0 Å². The third-order valence-corrected chi connectivity index (χ3v) is 29.6. The minimum absolute atomic E-state index is 0.239. The van der Waals surface area contributed by atoms with Crippen LogP contribution in [0.25, 0.3) is 119 Å². The van der Waals surface area contributed by atoms with Crippen molar-refractivity contribution in [2.24, 2.45) is 11.8 Å². The zero-order chi connectivity index (χ0) is 56.3. The summed E-state index contributed by atoms with van der Waals surface area (Å²) in [5.41, 5.74) is 4.71. The Morgan fingerprint density at radius 3 is 1.11 bits per heavy atom. The van der Waals surface area contributed by atoms with Gasteiger partial charge in [0.25, 0.3) is 23.6 Å². The fourth-order valence-electron chi connectivity index (χ4n) is 11.2. The third kappa shape index (κ3) is 8.64. The summed E-state index contributed by atoms with van der Waals surface area (Å²) in [6, 6.07) is 35.6. The van der Waals surface area contributed by atoms with Crippen molar-refractivity contribution in [3.05, 3.63) is 139 Å². The molecule has 2 aliphatic rings. The molecule has 1 aromatic carbocycles. The van der Waals surface area contributed by atoms with Crippen LogP contribution in [-0.2, 0) is 12.8 Å². The average molecular weight is 1290 g/mol. The van der Waals surface area contributed by atoms with E-state index < -0.39 is 0 Å². The van der Waals surface area contributed by atoms with Crippen molar-refractivity contribution in [3.63, 3.8) is 0 Å². The molecule has 15 rings (SSSR count). The number of carbonyl (C=O) groups is 4. The second-order valence-corrected chi connectivity index (χ2v) is 35.0. The van der Waals surface area contributed by atoms with Gasteiger partial charge in [-0.3, -0.25) is 29.0 Å². The van der Waals surface area contributed by atoms with E-state index in [1.165, 1.54) is 79.8 Å². The van der Waals surface area contributed by atoms with E-state index in [2.05, 4.69) is 133 Å². The molecule has 6 nitrogen and oxygen atoms in total. The Hall–Kier alpha value is -5.32. The topological polar surface area (TPSA) is 74.8 Å². The van der Waals surface area contributed by atoms with Crippen molar-refractivity contribution in [1.82, 2.24) is 9.80 Å². The predicted molar refractivity (Wildman–Crippen MR) is 362 cm³/mol. The summed E-state index contributed by atoms with van der Waals surface area (Å²) in [7, 11) is 3.17. The van der Waals surface area contributed by atoms with Gasteiger partial charge < -0.3 is 0 Å². The Kier molecular flexibility index (Phi) is 13.1. The molecule has 408 valence electrons. The lowest BCUT2D eigenvalue weighted by Crippen LogP contribution is -2.24. The lowest BCUT2D eigenvalue weighted by molar-refractivity contribution is 0.0678. The number of fused-ring (bicyclic) bond motifs is 5. The van der Waals surface area contributed by atoms with Crippen LogP contribution in [0, 0.1) is 25.7 Å². The molecule has 82 heavy (non-hydrogen) atoms. The van der Waals surface area contributed by atoms with Gasteiger partial charge in [0.1, 0.15) is 0 Å². The first-order chi connectivity index (χ1) is 39.5. The molecule has 0 unspecified atom stereocenters. The van der Waals surface area contributed by atoms with Crippen LogP contribution in [0.5, 0.6) is 0 Å². The Balaban J connectivity index is 0.759. The molecular formula is C64H46N2O4S12. The highest BCUT2D eigenvalue weighted by molar-refractivity contribution is 7.35. The number of carbonyl (C=O) groups excluding carboxylic acids is 4. The van der Waals surface area contributed by atoms with E-state index in [1.807, 2.05) is 51.4 Å². The highest BCUT2D eigenvalue weighted by Gasteiger charge is 2.42. The summed E-state index contributed by atoms with van der Waals surface area (Å²) in [5.74, 6) is 0.164.